The highest BCUT2D eigenvalue weighted by Crippen LogP contribution is 2.38. The van der Waals surface area contributed by atoms with Gasteiger partial charge in [-0.1, -0.05) is 26.0 Å². The highest BCUT2D eigenvalue weighted by molar-refractivity contribution is 5.97. The van der Waals surface area contributed by atoms with Gasteiger partial charge in [-0.15, -0.1) is 0 Å². The van der Waals surface area contributed by atoms with E-state index in [9.17, 15) is 22.8 Å². The molecule has 0 aromatic heterocycles. The van der Waals surface area contributed by atoms with Crippen molar-refractivity contribution >= 4 is 11.8 Å². The summed E-state index contributed by atoms with van der Waals surface area (Å²) in [6.07, 6.45) is -4.06. The molecule has 0 unspecified atom stereocenters. The lowest BCUT2D eigenvalue weighted by molar-refractivity contribution is -0.137. The number of rotatable bonds is 10. The Morgan fingerprint density at radius 2 is 1.59 bits per heavy atom. The average Bonchev–Trinajstić information content (AvgIpc) is 2.80. The number of benzene rings is 2. The monoisotopic (exact) mass is 482 g/mol. The first kappa shape index (κ1) is 26.8. The smallest absolute Gasteiger partial charge is 0.416 e. The predicted molar refractivity (Wildman–Crippen MR) is 120 cm³/mol. The summed E-state index contributed by atoms with van der Waals surface area (Å²) >= 11 is 0. The van der Waals surface area contributed by atoms with Crippen LogP contribution in [0.5, 0.6) is 17.2 Å². The zero-order valence-electron chi connectivity index (χ0n) is 19.7. The van der Waals surface area contributed by atoms with E-state index in [2.05, 4.69) is 10.6 Å². The molecular formula is C24H29F3N2O5. The van der Waals surface area contributed by atoms with Gasteiger partial charge >= 0.3 is 6.18 Å². The lowest BCUT2D eigenvalue weighted by Gasteiger charge is -2.22. The molecule has 0 saturated carbocycles. The minimum absolute atomic E-state index is 0.105. The highest BCUT2D eigenvalue weighted by Gasteiger charge is 2.31. The van der Waals surface area contributed by atoms with Crippen LogP contribution in [-0.2, 0) is 11.0 Å². The van der Waals surface area contributed by atoms with Gasteiger partial charge in [0, 0.05) is 5.56 Å². The van der Waals surface area contributed by atoms with Crippen LogP contribution in [0.1, 0.15) is 47.8 Å². The van der Waals surface area contributed by atoms with E-state index in [0.29, 0.717) is 17.7 Å². The van der Waals surface area contributed by atoms with Gasteiger partial charge < -0.3 is 24.8 Å². The van der Waals surface area contributed by atoms with Crippen molar-refractivity contribution in [2.24, 2.45) is 5.92 Å². The van der Waals surface area contributed by atoms with E-state index in [1.807, 2.05) is 13.8 Å². The third kappa shape index (κ3) is 7.03. The molecule has 0 radical (unpaired) electrons. The molecule has 0 fully saturated rings. The van der Waals surface area contributed by atoms with Crippen molar-refractivity contribution < 1.29 is 37.0 Å². The molecule has 0 aliphatic carbocycles. The van der Waals surface area contributed by atoms with Gasteiger partial charge in [0.25, 0.3) is 5.91 Å². The third-order valence-electron chi connectivity index (χ3n) is 5.00. The number of amides is 2. The molecule has 34 heavy (non-hydrogen) atoms. The molecule has 0 saturated heterocycles. The number of ether oxygens (including phenoxy) is 3. The van der Waals surface area contributed by atoms with Gasteiger partial charge in [0.2, 0.25) is 11.7 Å². The molecule has 10 heteroatoms. The van der Waals surface area contributed by atoms with Crippen molar-refractivity contribution in [2.75, 3.05) is 27.9 Å². The molecule has 0 spiro atoms. The predicted octanol–water partition coefficient (Wildman–Crippen LogP) is 4.36. The van der Waals surface area contributed by atoms with Crippen LogP contribution in [0.2, 0.25) is 0 Å². The molecule has 2 N–H and O–H groups in total. The highest BCUT2D eigenvalue weighted by atomic mass is 19.4. The fraction of sp³-hybridized carbons (Fsp3) is 0.417. The van der Waals surface area contributed by atoms with Crippen LogP contribution in [0.25, 0.3) is 0 Å². The summed E-state index contributed by atoms with van der Waals surface area (Å²) in [5, 5.41) is 5.22. The lowest BCUT2D eigenvalue weighted by Crippen LogP contribution is -2.39. The van der Waals surface area contributed by atoms with Crippen LogP contribution >= 0.6 is 0 Å². The van der Waals surface area contributed by atoms with Gasteiger partial charge in [0.05, 0.1) is 39.5 Å². The summed E-state index contributed by atoms with van der Waals surface area (Å²) < 4.78 is 55.0. The van der Waals surface area contributed by atoms with Crippen molar-refractivity contribution in [3.05, 3.63) is 53.1 Å². The standard InChI is InChI=1S/C24H29F3N2O5/c1-14(2)9-18(15-7-6-8-17(10-15)24(25,26)27)29-21(30)13-28-23(31)16-11-19(32-3)22(34-5)20(12-16)33-4/h6-8,10-12,14,18H,9,13H2,1-5H3,(H,28,31)(H,29,30)/t18-/m1/s1. The molecule has 0 heterocycles. The van der Waals surface area contributed by atoms with E-state index in [0.717, 1.165) is 12.1 Å². The minimum atomic E-state index is -4.49. The van der Waals surface area contributed by atoms with E-state index in [1.54, 1.807) is 0 Å². The molecule has 2 aromatic carbocycles. The number of methoxy groups -OCH3 is 3. The van der Waals surface area contributed by atoms with Crippen LogP contribution in [0.3, 0.4) is 0 Å². The Hall–Kier alpha value is -3.43. The Kier molecular flexibility index (Phi) is 9.17. The zero-order valence-corrected chi connectivity index (χ0v) is 19.7. The first-order valence-electron chi connectivity index (χ1n) is 10.5. The average molecular weight is 482 g/mol. The number of carbonyl (C=O) groups excluding carboxylic acids is 2. The van der Waals surface area contributed by atoms with Gasteiger partial charge in [0.15, 0.2) is 11.5 Å². The molecule has 2 amide bonds. The van der Waals surface area contributed by atoms with Crippen molar-refractivity contribution in [3.63, 3.8) is 0 Å². The summed E-state index contributed by atoms with van der Waals surface area (Å²) in [5.74, 6) is -0.126. The maximum Gasteiger partial charge on any atom is 0.416 e. The topological polar surface area (TPSA) is 85.9 Å². The Morgan fingerprint density at radius 1 is 0.971 bits per heavy atom. The van der Waals surface area contributed by atoms with Crippen molar-refractivity contribution in [1.29, 1.82) is 0 Å². The second-order valence-electron chi connectivity index (χ2n) is 7.97. The number of hydrogen-bond acceptors (Lipinski definition) is 5. The largest absolute Gasteiger partial charge is 0.493 e. The van der Waals surface area contributed by atoms with Gasteiger partial charge in [-0.3, -0.25) is 9.59 Å². The van der Waals surface area contributed by atoms with E-state index in [-0.39, 0.29) is 29.5 Å². The lowest BCUT2D eigenvalue weighted by atomic mass is 9.95. The van der Waals surface area contributed by atoms with E-state index >= 15 is 0 Å². The Balaban J connectivity index is 2.13. The molecule has 186 valence electrons. The fourth-order valence-corrected chi connectivity index (χ4v) is 3.40. The first-order valence-corrected chi connectivity index (χ1v) is 10.5. The van der Waals surface area contributed by atoms with E-state index in [4.69, 9.17) is 14.2 Å². The Bertz CT molecular complexity index is 983. The first-order chi connectivity index (χ1) is 16.0. The quantitative estimate of drug-likeness (QED) is 0.526. The Labute approximate surface area is 196 Å². The Morgan fingerprint density at radius 3 is 2.09 bits per heavy atom. The SMILES string of the molecule is COc1cc(C(=O)NCC(=O)N[C@H](CC(C)C)c2cccc(C(F)(F)F)c2)cc(OC)c1OC. The molecule has 1 atom stereocenters. The summed E-state index contributed by atoms with van der Waals surface area (Å²) in [7, 11) is 4.26. The second kappa shape index (κ2) is 11.6. The van der Waals surface area contributed by atoms with Crippen LogP contribution in [0, 0.1) is 5.92 Å². The normalized spacial score (nSPS) is 12.1. The molecule has 0 bridgehead atoms. The van der Waals surface area contributed by atoms with Crippen LogP contribution in [-0.4, -0.2) is 39.7 Å². The van der Waals surface area contributed by atoms with E-state index < -0.39 is 29.6 Å². The van der Waals surface area contributed by atoms with Gasteiger partial charge in [-0.25, -0.2) is 0 Å². The van der Waals surface area contributed by atoms with Crippen LogP contribution in [0.4, 0.5) is 13.2 Å². The number of halogens is 3. The summed E-state index contributed by atoms with van der Waals surface area (Å²) in [5.41, 5.74) is -0.268. The molecule has 2 rings (SSSR count). The summed E-state index contributed by atoms with van der Waals surface area (Å²) in [6, 6.07) is 7.10. The van der Waals surface area contributed by atoms with Crippen molar-refractivity contribution in [3.8, 4) is 17.2 Å². The summed E-state index contributed by atoms with van der Waals surface area (Å²) in [4.78, 5) is 25.2. The second-order valence-corrected chi connectivity index (χ2v) is 7.97. The van der Waals surface area contributed by atoms with Gasteiger partial charge in [-0.05, 0) is 42.2 Å². The maximum atomic E-state index is 13.1. The third-order valence-corrected chi connectivity index (χ3v) is 5.00. The van der Waals surface area contributed by atoms with Gasteiger partial charge in [-0.2, -0.15) is 13.2 Å². The van der Waals surface area contributed by atoms with Crippen molar-refractivity contribution in [1.82, 2.24) is 10.6 Å². The molecule has 0 aliphatic heterocycles. The molecule has 7 nitrogen and oxygen atoms in total. The minimum Gasteiger partial charge on any atom is -0.493 e. The number of hydrogen-bond donors (Lipinski definition) is 2. The van der Waals surface area contributed by atoms with Crippen molar-refractivity contribution in [2.45, 2.75) is 32.5 Å². The number of alkyl halides is 3. The van der Waals surface area contributed by atoms with Gasteiger partial charge in [0.1, 0.15) is 0 Å². The fourth-order valence-electron chi connectivity index (χ4n) is 3.40. The summed E-state index contributed by atoms with van der Waals surface area (Å²) in [6.45, 7) is 3.43. The number of nitrogens with one attached hydrogen (secondary N) is 2. The maximum absolute atomic E-state index is 13.1. The number of carbonyl (C=O) groups is 2. The molecule has 2 aromatic rings. The molecular weight excluding hydrogens is 453 g/mol. The molecule has 0 aliphatic rings. The van der Waals surface area contributed by atoms with E-state index in [1.165, 1.54) is 45.6 Å². The van der Waals surface area contributed by atoms with Crippen LogP contribution < -0.4 is 24.8 Å². The zero-order chi connectivity index (χ0) is 25.5. The van der Waals surface area contributed by atoms with Crippen LogP contribution in [0.15, 0.2) is 36.4 Å².